The predicted octanol–water partition coefficient (Wildman–Crippen LogP) is 0.662. The molecule has 2 heterocycles. The molecule has 1 aromatic carbocycles. The van der Waals surface area contributed by atoms with Crippen molar-refractivity contribution in [3.63, 3.8) is 0 Å². The normalized spacial score (nSPS) is 27.6. The largest absolute Gasteiger partial charge is 0.356 e. The molecular weight excluding hydrogens is 314 g/mol. The minimum absolute atomic E-state index is 0.0540. The Balaban J connectivity index is 1.87. The van der Waals surface area contributed by atoms with E-state index < -0.39 is 10.0 Å². The highest BCUT2D eigenvalue weighted by atomic mass is 32.2. The number of piperazine rings is 1. The molecule has 0 aliphatic carbocycles. The number of hydrogen-bond acceptors (Lipinski definition) is 4. The van der Waals surface area contributed by atoms with Gasteiger partial charge in [0.2, 0.25) is 15.9 Å². The zero-order chi connectivity index (χ0) is 16.5. The highest BCUT2D eigenvalue weighted by Crippen LogP contribution is 2.32. The zero-order valence-electron chi connectivity index (χ0n) is 13.4. The van der Waals surface area contributed by atoms with Crippen LogP contribution in [0.25, 0.3) is 0 Å². The van der Waals surface area contributed by atoms with Crippen LogP contribution in [-0.4, -0.2) is 62.3 Å². The van der Waals surface area contributed by atoms with Gasteiger partial charge in [-0.1, -0.05) is 18.2 Å². The molecule has 1 N–H and O–H groups in total. The number of nitrogens with zero attached hydrogens (tertiary/aromatic N) is 2. The van der Waals surface area contributed by atoms with Gasteiger partial charge in [0, 0.05) is 38.1 Å². The Bertz CT molecular complexity index is 677. The van der Waals surface area contributed by atoms with Crippen LogP contribution < -0.4 is 5.32 Å². The summed E-state index contributed by atoms with van der Waals surface area (Å²) in [5, 5.41) is 2.89. The summed E-state index contributed by atoms with van der Waals surface area (Å²) in [5.74, 6) is 0.0540. The van der Waals surface area contributed by atoms with Crippen LogP contribution in [0.4, 0.5) is 0 Å². The lowest BCUT2D eigenvalue weighted by Gasteiger charge is -2.48. The highest BCUT2D eigenvalue weighted by molar-refractivity contribution is 7.89. The van der Waals surface area contributed by atoms with E-state index in [0.717, 1.165) is 6.42 Å². The molecule has 2 aliphatic heterocycles. The van der Waals surface area contributed by atoms with Crippen molar-refractivity contribution in [2.24, 2.45) is 0 Å². The van der Waals surface area contributed by atoms with E-state index in [1.165, 1.54) is 0 Å². The molecule has 126 valence electrons. The van der Waals surface area contributed by atoms with E-state index in [2.05, 4.69) is 10.2 Å². The number of nitrogens with one attached hydrogen (secondary N) is 1. The van der Waals surface area contributed by atoms with E-state index >= 15 is 0 Å². The molecule has 2 fully saturated rings. The van der Waals surface area contributed by atoms with Crippen molar-refractivity contribution in [2.75, 3.05) is 33.2 Å². The van der Waals surface area contributed by atoms with Gasteiger partial charge in [-0.05, 0) is 32.0 Å². The molecule has 1 aromatic rings. The average Bonchev–Trinajstić information content (AvgIpc) is 2.74. The first-order chi connectivity index (χ1) is 10.9. The molecule has 1 spiro atoms. The second kappa shape index (κ2) is 6.22. The number of carbonyl (C=O) groups is 1. The highest BCUT2D eigenvalue weighted by Gasteiger charge is 2.44. The number of rotatable bonds is 2. The SMILES string of the molecule is CN1CCN(S(=O)(=O)c2ccccc2)C[C@@]12CCNC(=O)CC2. The van der Waals surface area contributed by atoms with Gasteiger partial charge < -0.3 is 5.32 Å². The third-order valence-electron chi connectivity index (χ3n) is 5.08. The summed E-state index contributed by atoms with van der Waals surface area (Å²) in [5.41, 5.74) is -0.265. The zero-order valence-corrected chi connectivity index (χ0v) is 14.2. The lowest BCUT2D eigenvalue weighted by molar-refractivity contribution is -0.121. The van der Waals surface area contributed by atoms with Crippen LogP contribution in [0.5, 0.6) is 0 Å². The topological polar surface area (TPSA) is 69.7 Å². The maximum atomic E-state index is 12.9. The fourth-order valence-electron chi connectivity index (χ4n) is 3.51. The van der Waals surface area contributed by atoms with Crippen LogP contribution in [0.2, 0.25) is 0 Å². The van der Waals surface area contributed by atoms with E-state index in [-0.39, 0.29) is 11.4 Å². The predicted molar refractivity (Wildman–Crippen MR) is 87.4 cm³/mol. The van der Waals surface area contributed by atoms with E-state index in [9.17, 15) is 13.2 Å². The summed E-state index contributed by atoms with van der Waals surface area (Å²) < 4.78 is 27.4. The molecule has 1 amide bonds. The molecule has 0 radical (unpaired) electrons. The smallest absolute Gasteiger partial charge is 0.243 e. The molecule has 23 heavy (non-hydrogen) atoms. The number of carbonyl (C=O) groups excluding carboxylic acids is 1. The van der Waals surface area contributed by atoms with Crippen molar-refractivity contribution in [3.8, 4) is 0 Å². The Kier molecular flexibility index (Phi) is 4.44. The van der Waals surface area contributed by atoms with Gasteiger partial charge >= 0.3 is 0 Å². The van der Waals surface area contributed by atoms with Gasteiger partial charge in [-0.25, -0.2) is 8.42 Å². The maximum Gasteiger partial charge on any atom is 0.243 e. The minimum atomic E-state index is -3.48. The van der Waals surface area contributed by atoms with Gasteiger partial charge in [0.1, 0.15) is 0 Å². The summed E-state index contributed by atoms with van der Waals surface area (Å²) in [6.45, 7) is 2.20. The molecule has 7 heteroatoms. The maximum absolute atomic E-state index is 12.9. The van der Waals surface area contributed by atoms with Gasteiger partial charge in [0.25, 0.3) is 0 Å². The van der Waals surface area contributed by atoms with Crippen LogP contribution in [-0.2, 0) is 14.8 Å². The molecule has 0 unspecified atom stereocenters. The van der Waals surface area contributed by atoms with Crippen LogP contribution in [0.15, 0.2) is 35.2 Å². The number of likely N-dealkylation sites (N-methyl/N-ethyl adjacent to an activating group) is 1. The molecule has 1 atom stereocenters. The van der Waals surface area contributed by atoms with Gasteiger partial charge in [-0.3, -0.25) is 9.69 Å². The molecule has 2 aliphatic rings. The summed E-state index contributed by atoms with van der Waals surface area (Å²) in [6.07, 6.45) is 1.91. The molecule has 3 rings (SSSR count). The first-order valence-electron chi connectivity index (χ1n) is 7.97. The molecule has 6 nitrogen and oxygen atoms in total. The van der Waals surface area contributed by atoms with Gasteiger partial charge in [0.15, 0.2) is 0 Å². The lowest BCUT2D eigenvalue weighted by Crippen LogP contribution is -2.62. The Morgan fingerprint density at radius 1 is 1.13 bits per heavy atom. The van der Waals surface area contributed by atoms with Crippen molar-refractivity contribution in [2.45, 2.75) is 29.7 Å². The van der Waals surface area contributed by atoms with E-state index in [1.807, 2.05) is 13.1 Å². The Hall–Kier alpha value is -1.44. The molecular formula is C16H23N3O3S. The summed E-state index contributed by atoms with van der Waals surface area (Å²) in [4.78, 5) is 14.2. The first kappa shape index (κ1) is 16.4. The van der Waals surface area contributed by atoms with Crippen molar-refractivity contribution in [1.29, 1.82) is 0 Å². The third-order valence-corrected chi connectivity index (χ3v) is 6.94. The van der Waals surface area contributed by atoms with Crippen LogP contribution in [0.3, 0.4) is 0 Å². The van der Waals surface area contributed by atoms with Crippen LogP contribution in [0.1, 0.15) is 19.3 Å². The summed E-state index contributed by atoms with van der Waals surface area (Å²) in [7, 11) is -1.45. The second-order valence-corrected chi connectivity index (χ2v) is 8.34. The van der Waals surface area contributed by atoms with Crippen molar-refractivity contribution in [1.82, 2.24) is 14.5 Å². The third kappa shape index (κ3) is 3.13. The Morgan fingerprint density at radius 2 is 1.87 bits per heavy atom. The van der Waals surface area contributed by atoms with Gasteiger partial charge in [0.05, 0.1) is 4.90 Å². The van der Waals surface area contributed by atoms with E-state index in [1.54, 1.807) is 28.6 Å². The van der Waals surface area contributed by atoms with Crippen LogP contribution in [0, 0.1) is 0 Å². The molecule has 2 saturated heterocycles. The fraction of sp³-hybridized carbons (Fsp3) is 0.562. The van der Waals surface area contributed by atoms with E-state index in [4.69, 9.17) is 0 Å². The number of amides is 1. The summed E-state index contributed by atoms with van der Waals surface area (Å²) >= 11 is 0. The van der Waals surface area contributed by atoms with Gasteiger partial charge in [-0.15, -0.1) is 0 Å². The van der Waals surface area contributed by atoms with Crippen molar-refractivity contribution >= 4 is 15.9 Å². The second-order valence-electron chi connectivity index (χ2n) is 6.40. The van der Waals surface area contributed by atoms with Crippen molar-refractivity contribution < 1.29 is 13.2 Å². The molecule has 0 aromatic heterocycles. The minimum Gasteiger partial charge on any atom is -0.356 e. The van der Waals surface area contributed by atoms with E-state index in [0.29, 0.717) is 43.9 Å². The summed E-state index contributed by atoms with van der Waals surface area (Å²) in [6, 6.07) is 8.57. The number of benzene rings is 1. The fourth-order valence-corrected chi connectivity index (χ4v) is 5.04. The number of hydrogen-bond donors (Lipinski definition) is 1. The standard InChI is InChI=1S/C16H23N3O3S/c1-18-11-12-19(23(21,22)14-5-3-2-4-6-14)13-16(18)8-7-15(20)17-10-9-16/h2-6H,7-13H2,1H3,(H,17,20)/t16-/m1/s1. The van der Waals surface area contributed by atoms with Gasteiger partial charge in [-0.2, -0.15) is 4.31 Å². The lowest BCUT2D eigenvalue weighted by atomic mass is 9.87. The van der Waals surface area contributed by atoms with Crippen molar-refractivity contribution in [3.05, 3.63) is 30.3 Å². The molecule has 0 saturated carbocycles. The number of sulfonamides is 1. The Labute approximate surface area is 137 Å². The first-order valence-corrected chi connectivity index (χ1v) is 9.41. The quantitative estimate of drug-likeness (QED) is 0.861. The molecule has 0 bridgehead atoms. The average molecular weight is 337 g/mol. The Morgan fingerprint density at radius 3 is 2.61 bits per heavy atom. The monoisotopic (exact) mass is 337 g/mol. The van der Waals surface area contributed by atoms with Crippen LogP contribution >= 0.6 is 0 Å².